The third-order valence-electron chi connectivity index (χ3n) is 6.22. The number of hydrogen-bond donors (Lipinski definition) is 1. The summed E-state index contributed by atoms with van der Waals surface area (Å²) in [6.07, 6.45) is -3.41. The maximum absolute atomic E-state index is 13.6. The Kier molecular flexibility index (Phi) is 7.67. The van der Waals surface area contributed by atoms with Gasteiger partial charge in [-0.15, -0.1) is 0 Å². The van der Waals surface area contributed by atoms with Gasteiger partial charge in [-0.2, -0.15) is 13.2 Å². The molecule has 2 atom stereocenters. The molecule has 0 amide bonds. The van der Waals surface area contributed by atoms with E-state index >= 15 is 0 Å². The fourth-order valence-electron chi connectivity index (χ4n) is 4.47. The first-order valence-corrected chi connectivity index (χ1v) is 11.7. The number of nitrogens with zero attached hydrogens (tertiary/aromatic N) is 1. The molecule has 2 unspecified atom stereocenters. The number of ether oxygens (including phenoxy) is 1. The molecule has 1 heterocycles. The number of carboxylic acid groups (broad SMARTS) is 1. The fraction of sp³-hybridized carbons (Fsp3) is 0.296. The Hall–Kier alpha value is -3.03. The third-order valence-corrected chi connectivity index (χ3v) is 6.55. The van der Waals surface area contributed by atoms with Crippen molar-refractivity contribution in [2.45, 2.75) is 31.7 Å². The van der Waals surface area contributed by atoms with Crippen molar-refractivity contribution in [3.8, 4) is 5.75 Å². The van der Waals surface area contributed by atoms with E-state index in [1.165, 1.54) is 6.07 Å². The van der Waals surface area contributed by atoms with Crippen LogP contribution >= 0.6 is 11.6 Å². The molecule has 1 N–H and O–H groups in total. The van der Waals surface area contributed by atoms with Crippen LogP contribution in [0.4, 0.5) is 13.2 Å². The molecule has 1 aliphatic heterocycles. The highest BCUT2D eigenvalue weighted by atomic mass is 35.5. The summed E-state index contributed by atoms with van der Waals surface area (Å²) in [5, 5.41) is 9.18. The van der Waals surface area contributed by atoms with E-state index in [4.69, 9.17) is 16.3 Å². The van der Waals surface area contributed by atoms with E-state index in [2.05, 4.69) is 0 Å². The summed E-state index contributed by atoms with van der Waals surface area (Å²) in [5.74, 6) is -0.843. The number of carbonyl (C=O) groups is 1. The van der Waals surface area contributed by atoms with Crippen LogP contribution in [-0.4, -0.2) is 29.1 Å². The van der Waals surface area contributed by atoms with Crippen LogP contribution in [0.15, 0.2) is 72.8 Å². The van der Waals surface area contributed by atoms with E-state index in [-0.39, 0.29) is 11.6 Å². The number of rotatable bonds is 7. The summed E-state index contributed by atoms with van der Waals surface area (Å²) >= 11 is 5.86. The third kappa shape index (κ3) is 6.16. The minimum Gasteiger partial charge on any atom is -0.489 e. The molecule has 0 spiro atoms. The molecule has 8 heteroatoms. The SMILES string of the molecule is O=C(O)C1CCCN(C(c2ccc(OCc3ccccc3)cc2)c2ccc(Cl)c(C(F)(F)F)c2)C1. The smallest absolute Gasteiger partial charge is 0.417 e. The van der Waals surface area contributed by atoms with Gasteiger partial charge in [-0.1, -0.05) is 60.1 Å². The van der Waals surface area contributed by atoms with Crippen LogP contribution in [-0.2, 0) is 17.6 Å². The van der Waals surface area contributed by atoms with Gasteiger partial charge in [-0.25, -0.2) is 0 Å². The fourth-order valence-corrected chi connectivity index (χ4v) is 4.70. The van der Waals surface area contributed by atoms with Crippen molar-refractivity contribution in [2.24, 2.45) is 5.92 Å². The van der Waals surface area contributed by atoms with Crippen LogP contribution in [0.2, 0.25) is 5.02 Å². The maximum Gasteiger partial charge on any atom is 0.417 e. The molecule has 0 aliphatic carbocycles. The maximum atomic E-state index is 13.6. The molecule has 3 aromatic rings. The zero-order valence-corrected chi connectivity index (χ0v) is 19.6. The highest BCUT2D eigenvalue weighted by Gasteiger charge is 2.36. The van der Waals surface area contributed by atoms with Crippen LogP contribution in [0.5, 0.6) is 5.75 Å². The average molecular weight is 504 g/mol. The zero-order valence-electron chi connectivity index (χ0n) is 18.8. The second-order valence-corrected chi connectivity index (χ2v) is 9.06. The molecule has 0 radical (unpaired) electrons. The van der Waals surface area contributed by atoms with E-state index in [1.54, 1.807) is 18.2 Å². The van der Waals surface area contributed by atoms with Crippen molar-refractivity contribution in [1.82, 2.24) is 4.90 Å². The first-order valence-electron chi connectivity index (χ1n) is 11.3. The van der Waals surface area contributed by atoms with Gasteiger partial charge < -0.3 is 9.84 Å². The minimum absolute atomic E-state index is 0.246. The Morgan fingerprint density at radius 1 is 1.06 bits per heavy atom. The van der Waals surface area contributed by atoms with E-state index < -0.39 is 29.7 Å². The molecule has 1 aliphatic rings. The van der Waals surface area contributed by atoms with Crippen molar-refractivity contribution in [2.75, 3.05) is 13.1 Å². The summed E-state index contributed by atoms with van der Waals surface area (Å²) in [7, 11) is 0. The van der Waals surface area contributed by atoms with Gasteiger partial charge in [0.25, 0.3) is 0 Å². The molecule has 1 saturated heterocycles. The van der Waals surface area contributed by atoms with Gasteiger partial charge in [0.1, 0.15) is 12.4 Å². The lowest BCUT2D eigenvalue weighted by molar-refractivity contribution is -0.143. The molecule has 184 valence electrons. The number of alkyl halides is 3. The number of hydrogen-bond acceptors (Lipinski definition) is 3. The monoisotopic (exact) mass is 503 g/mol. The molecular weight excluding hydrogens is 479 g/mol. The second kappa shape index (κ2) is 10.7. The molecule has 0 aromatic heterocycles. The quantitative estimate of drug-likeness (QED) is 0.384. The summed E-state index contributed by atoms with van der Waals surface area (Å²) in [6, 6.07) is 20.2. The van der Waals surface area contributed by atoms with Crippen molar-refractivity contribution < 1.29 is 27.8 Å². The standard InChI is InChI=1S/C27H25ClF3NO3/c28-24-13-10-20(15-23(24)27(29,30)31)25(32-14-4-7-21(16-32)26(33)34)19-8-11-22(12-9-19)35-17-18-5-2-1-3-6-18/h1-3,5-6,8-13,15,21,25H,4,7,14,16-17H2,(H,33,34). The Morgan fingerprint density at radius 2 is 1.74 bits per heavy atom. The van der Waals surface area contributed by atoms with Crippen LogP contribution in [0.3, 0.4) is 0 Å². The van der Waals surface area contributed by atoms with Gasteiger partial charge in [-0.3, -0.25) is 9.69 Å². The average Bonchev–Trinajstić information content (AvgIpc) is 2.85. The second-order valence-electron chi connectivity index (χ2n) is 8.66. The number of benzene rings is 3. The predicted octanol–water partition coefficient (Wildman–Crippen LogP) is 6.82. The van der Waals surface area contributed by atoms with E-state index in [0.717, 1.165) is 17.2 Å². The largest absolute Gasteiger partial charge is 0.489 e. The van der Waals surface area contributed by atoms with Gasteiger partial charge >= 0.3 is 12.1 Å². The zero-order chi connectivity index (χ0) is 25.0. The normalized spacial score (nSPS) is 17.7. The highest BCUT2D eigenvalue weighted by molar-refractivity contribution is 6.31. The summed E-state index contributed by atoms with van der Waals surface area (Å²) in [4.78, 5) is 13.6. The Morgan fingerprint density at radius 3 is 2.40 bits per heavy atom. The van der Waals surface area contributed by atoms with Crippen LogP contribution < -0.4 is 4.74 Å². The predicted molar refractivity (Wildman–Crippen MR) is 127 cm³/mol. The molecule has 4 nitrogen and oxygen atoms in total. The van der Waals surface area contributed by atoms with Crippen molar-refractivity contribution in [3.05, 3.63) is 100 Å². The molecule has 4 rings (SSSR count). The molecule has 0 saturated carbocycles. The van der Waals surface area contributed by atoms with Gasteiger partial charge in [0.15, 0.2) is 0 Å². The molecular formula is C27H25ClF3NO3. The van der Waals surface area contributed by atoms with Crippen molar-refractivity contribution >= 4 is 17.6 Å². The lowest BCUT2D eigenvalue weighted by atomic mass is 9.90. The Bertz CT molecular complexity index is 1150. The van der Waals surface area contributed by atoms with Gasteiger partial charge in [0.05, 0.1) is 22.5 Å². The first kappa shape index (κ1) is 25.1. The highest BCUT2D eigenvalue weighted by Crippen LogP contribution is 2.39. The summed E-state index contributed by atoms with van der Waals surface area (Å²) in [5.41, 5.74) is 1.27. The van der Waals surface area contributed by atoms with Gasteiger partial charge in [-0.05, 0) is 60.3 Å². The lowest BCUT2D eigenvalue weighted by Gasteiger charge is -2.38. The summed E-state index contributed by atoms with van der Waals surface area (Å²) < 4.78 is 46.6. The number of halogens is 4. The Balaban J connectivity index is 1.65. The number of aliphatic carboxylic acids is 1. The number of likely N-dealkylation sites (tertiary alicyclic amines) is 1. The number of carboxylic acids is 1. The number of piperidine rings is 1. The van der Waals surface area contributed by atoms with Crippen molar-refractivity contribution in [3.63, 3.8) is 0 Å². The minimum atomic E-state index is -4.60. The molecule has 35 heavy (non-hydrogen) atoms. The van der Waals surface area contributed by atoms with Gasteiger partial charge in [0, 0.05) is 6.54 Å². The van der Waals surface area contributed by atoms with Crippen LogP contribution in [0.25, 0.3) is 0 Å². The van der Waals surface area contributed by atoms with Crippen LogP contribution in [0.1, 0.15) is 41.1 Å². The molecule has 0 bridgehead atoms. The van der Waals surface area contributed by atoms with Crippen molar-refractivity contribution in [1.29, 1.82) is 0 Å². The Labute approximate surface area is 206 Å². The van der Waals surface area contributed by atoms with Gasteiger partial charge in [0.2, 0.25) is 0 Å². The van der Waals surface area contributed by atoms with E-state index in [1.807, 2.05) is 47.4 Å². The lowest BCUT2D eigenvalue weighted by Crippen LogP contribution is -2.41. The molecule has 1 fully saturated rings. The summed E-state index contributed by atoms with van der Waals surface area (Å²) in [6.45, 7) is 1.21. The van der Waals surface area contributed by atoms with E-state index in [0.29, 0.717) is 37.3 Å². The van der Waals surface area contributed by atoms with Crippen LogP contribution in [0, 0.1) is 5.92 Å². The first-order chi connectivity index (χ1) is 16.7. The molecule has 3 aromatic carbocycles. The topological polar surface area (TPSA) is 49.8 Å². The van der Waals surface area contributed by atoms with E-state index in [9.17, 15) is 23.1 Å².